The molecule has 5 N–H and O–H groups in total. The molecule has 11 heteroatoms. The molecule has 0 fully saturated rings. The van der Waals surface area contributed by atoms with E-state index in [1.807, 2.05) is 53.8 Å². The number of aliphatic hydroxyl groups excluding tert-OH is 1. The van der Waals surface area contributed by atoms with Crippen LogP contribution in [0.15, 0.2) is 29.6 Å². The highest BCUT2D eigenvalue weighted by atomic mass is 32.1. The van der Waals surface area contributed by atoms with Crippen LogP contribution in [0, 0.1) is 30.6 Å². The number of aliphatic hydroxyl groups is 1. The van der Waals surface area contributed by atoms with Gasteiger partial charge in [-0.2, -0.15) is 0 Å². The van der Waals surface area contributed by atoms with Crippen molar-refractivity contribution in [3.8, 4) is 0 Å². The smallest absolute Gasteiger partial charge is 0.251 e. The maximum absolute atomic E-state index is 13.2. The van der Waals surface area contributed by atoms with E-state index >= 15 is 0 Å². The van der Waals surface area contributed by atoms with Gasteiger partial charge in [0.05, 0.1) is 18.7 Å². The molecule has 1 aromatic carbocycles. The monoisotopic (exact) mass is 615 g/mol. The highest BCUT2D eigenvalue weighted by Gasteiger charge is 2.30. The summed E-state index contributed by atoms with van der Waals surface area (Å²) in [6.45, 7) is 16.1. The Kier molecular flexibility index (Phi) is 14.3. The van der Waals surface area contributed by atoms with Gasteiger partial charge in [-0.3, -0.25) is 19.2 Å². The highest BCUT2D eigenvalue weighted by molar-refractivity contribution is 7.09. The van der Waals surface area contributed by atoms with Crippen LogP contribution in [0.5, 0.6) is 0 Å². The number of carbonyl (C=O) groups is 4. The fourth-order valence-corrected chi connectivity index (χ4v) is 5.21. The van der Waals surface area contributed by atoms with Gasteiger partial charge in [0, 0.05) is 34.7 Å². The first-order valence-corrected chi connectivity index (χ1v) is 15.9. The minimum Gasteiger partial charge on any atom is -0.391 e. The van der Waals surface area contributed by atoms with E-state index in [4.69, 9.17) is 0 Å². The third kappa shape index (κ3) is 12.1. The van der Waals surface area contributed by atoms with Crippen LogP contribution < -0.4 is 21.3 Å². The van der Waals surface area contributed by atoms with Crippen molar-refractivity contribution < 1.29 is 24.3 Å². The summed E-state index contributed by atoms with van der Waals surface area (Å²) in [6, 6.07) is 5.09. The van der Waals surface area contributed by atoms with E-state index in [1.54, 1.807) is 25.1 Å². The zero-order valence-corrected chi connectivity index (χ0v) is 27.5. The molecule has 43 heavy (non-hydrogen) atoms. The SMILES string of the molecule is Cc1csc(CNC(=O)c2cccc(C(=O)N[C@@H](CC(C)C)[C@@H](O)C[C@@H](C)C(=O)N[C@H](C(=O)NCC(C)C)C(C)C)c2)n1. The number of hydrogen-bond donors (Lipinski definition) is 5. The summed E-state index contributed by atoms with van der Waals surface area (Å²) in [6.07, 6.45) is -0.422. The number of rotatable bonds is 16. The molecule has 0 saturated carbocycles. The molecule has 2 rings (SSSR count). The number of hydrogen-bond acceptors (Lipinski definition) is 7. The predicted molar refractivity (Wildman–Crippen MR) is 170 cm³/mol. The fraction of sp³-hybridized carbons (Fsp3) is 0.594. The van der Waals surface area contributed by atoms with Gasteiger partial charge in [-0.1, -0.05) is 54.5 Å². The summed E-state index contributed by atoms with van der Waals surface area (Å²) in [5.74, 6) is -1.58. The lowest BCUT2D eigenvalue weighted by Crippen LogP contribution is -2.52. The van der Waals surface area contributed by atoms with E-state index in [-0.39, 0.29) is 47.5 Å². The van der Waals surface area contributed by atoms with Gasteiger partial charge in [0.25, 0.3) is 11.8 Å². The molecule has 1 heterocycles. The average Bonchev–Trinajstić information content (AvgIpc) is 3.37. The fourth-order valence-electron chi connectivity index (χ4n) is 4.49. The van der Waals surface area contributed by atoms with Gasteiger partial charge in [-0.25, -0.2) is 4.98 Å². The van der Waals surface area contributed by atoms with E-state index in [0.29, 0.717) is 25.1 Å². The molecule has 0 saturated heterocycles. The number of nitrogens with one attached hydrogen (secondary N) is 4. The number of benzene rings is 1. The Hall–Kier alpha value is -3.31. The third-order valence-corrected chi connectivity index (χ3v) is 7.90. The molecule has 0 spiro atoms. The number of carbonyl (C=O) groups excluding carboxylic acids is 4. The Morgan fingerprint density at radius 2 is 1.51 bits per heavy atom. The van der Waals surface area contributed by atoms with Crippen molar-refractivity contribution in [3.63, 3.8) is 0 Å². The molecule has 0 aliphatic heterocycles. The average molecular weight is 616 g/mol. The largest absolute Gasteiger partial charge is 0.391 e. The number of nitrogens with zero attached hydrogens (tertiary/aromatic N) is 1. The van der Waals surface area contributed by atoms with Crippen LogP contribution in [0.1, 0.15) is 92.7 Å². The molecular weight excluding hydrogens is 566 g/mol. The van der Waals surface area contributed by atoms with Crippen molar-refractivity contribution in [2.75, 3.05) is 6.54 Å². The van der Waals surface area contributed by atoms with Crippen LogP contribution in [0.25, 0.3) is 0 Å². The molecule has 4 atom stereocenters. The number of thiazole rings is 1. The van der Waals surface area contributed by atoms with E-state index in [1.165, 1.54) is 17.4 Å². The maximum Gasteiger partial charge on any atom is 0.251 e. The van der Waals surface area contributed by atoms with Crippen LogP contribution in [0.2, 0.25) is 0 Å². The summed E-state index contributed by atoms with van der Waals surface area (Å²) in [5.41, 5.74) is 1.52. The lowest BCUT2D eigenvalue weighted by Gasteiger charge is -2.29. The van der Waals surface area contributed by atoms with E-state index in [0.717, 1.165) is 10.7 Å². The molecule has 238 valence electrons. The molecule has 0 aliphatic rings. The van der Waals surface area contributed by atoms with Gasteiger partial charge in [-0.05, 0) is 55.7 Å². The van der Waals surface area contributed by atoms with Gasteiger partial charge in [0.15, 0.2) is 0 Å². The van der Waals surface area contributed by atoms with Crippen molar-refractivity contribution in [2.24, 2.45) is 23.7 Å². The Labute approximate surface area is 259 Å². The molecular formula is C32H49N5O5S. The molecule has 2 aromatic rings. The second-order valence-electron chi connectivity index (χ2n) is 12.4. The highest BCUT2D eigenvalue weighted by Crippen LogP contribution is 2.18. The molecule has 10 nitrogen and oxygen atoms in total. The topological polar surface area (TPSA) is 150 Å². The van der Waals surface area contributed by atoms with Crippen LogP contribution in [0.4, 0.5) is 0 Å². The molecule has 0 unspecified atom stereocenters. The first-order chi connectivity index (χ1) is 20.2. The standard InChI is InChI=1S/C32H49N5O5S/c1-18(2)12-25(26(38)13-21(7)29(39)37-28(20(5)6)32(42)33-15-19(3)4)36-31(41)24-11-9-10-23(14-24)30(40)34-16-27-35-22(8)17-43-27/h9-11,14,17-21,25-26,28,38H,12-13,15-16H2,1-8H3,(H,33,42)(H,34,40)(H,36,41)(H,37,39)/t21-,25+,26+,28+/m1/s1. The van der Waals surface area contributed by atoms with Gasteiger partial charge < -0.3 is 26.4 Å². The second kappa shape index (κ2) is 17.1. The van der Waals surface area contributed by atoms with Crippen molar-refractivity contribution in [2.45, 2.75) is 93.0 Å². The summed E-state index contributed by atoms with van der Waals surface area (Å²) in [7, 11) is 0. The van der Waals surface area contributed by atoms with E-state index in [9.17, 15) is 24.3 Å². The predicted octanol–water partition coefficient (Wildman–Crippen LogP) is 3.83. The number of aryl methyl sites for hydroxylation is 1. The van der Waals surface area contributed by atoms with E-state index in [2.05, 4.69) is 26.3 Å². The van der Waals surface area contributed by atoms with Gasteiger partial charge in [0.1, 0.15) is 11.0 Å². The van der Waals surface area contributed by atoms with Crippen molar-refractivity contribution in [3.05, 3.63) is 51.5 Å². The Morgan fingerprint density at radius 3 is 2.07 bits per heavy atom. The Morgan fingerprint density at radius 1 is 0.860 bits per heavy atom. The minimum atomic E-state index is -1.01. The quantitative estimate of drug-likeness (QED) is 0.194. The van der Waals surface area contributed by atoms with Crippen LogP contribution >= 0.6 is 11.3 Å². The summed E-state index contributed by atoms with van der Waals surface area (Å²) >= 11 is 1.47. The van der Waals surface area contributed by atoms with Crippen LogP contribution in [-0.2, 0) is 16.1 Å². The zero-order valence-electron chi connectivity index (χ0n) is 26.7. The van der Waals surface area contributed by atoms with Crippen LogP contribution in [-0.4, -0.2) is 58.5 Å². The molecule has 1 aromatic heterocycles. The summed E-state index contributed by atoms with van der Waals surface area (Å²) in [4.78, 5) is 56.0. The van der Waals surface area contributed by atoms with Crippen molar-refractivity contribution >= 4 is 35.0 Å². The van der Waals surface area contributed by atoms with E-state index < -0.39 is 30.0 Å². The normalized spacial score (nSPS) is 14.2. The third-order valence-electron chi connectivity index (χ3n) is 6.93. The van der Waals surface area contributed by atoms with Crippen LogP contribution in [0.3, 0.4) is 0 Å². The van der Waals surface area contributed by atoms with Gasteiger partial charge in [0.2, 0.25) is 11.8 Å². The lowest BCUT2D eigenvalue weighted by atomic mass is 9.91. The number of aromatic nitrogens is 1. The van der Waals surface area contributed by atoms with Crippen molar-refractivity contribution in [1.82, 2.24) is 26.3 Å². The van der Waals surface area contributed by atoms with Gasteiger partial charge >= 0.3 is 0 Å². The minimum absolute atomic E-state index is 0.0978. The maximum atomic E-state index is 13.2. The molecule has 0 bridgehead atoms. The molecule has 0 radical (unpaired) electrons. The van der Waals surface area contributed by atoms with Crippen molar-refractivity contribution in [1.29, 1.82) is 0 Å². The second-order valence-corrected chi connectivity index (χ2v) is 13.4. The number of amides is 4. The first kappa shape index (κ1) is 35.9. The first-order valence-electron chi connectivity index (χ1n) is 15.0. The summed E-state index contributed by atoms with van der Waals surface area (Å²) < 4.78 is 0. The zero-order chi connectivity index (χ0) is 32.3. The Bertz CT molecular complexity index is 1230. The summed E-state index contributed by atoms with van der Waals surface area (Å²) in [5, 5.41) is 25.3. The molecule has 4 amide bonds. The Balaban J connectivity index is 2.04. The molecule has 0 aliphatic carbocycles. The van der Waals surface area contributed by atoms with Gasteiger partial charge in [-0.15, -0.1) is 11.3 Å². The lowest BCUT2D eigenvalue weighted by molar-refractivity contribution is -0.132.